The number of aliphatic hydroxyl groups is 2. The zero-order chi connectivity index (χ0) is 6.69. The van der Waals surface area contributed by atoms with Crippen molar-refractivity contribution in [2.75, 3.05) is 13.2 Å². The summed E-state index contributed by atoms with van der Waals surface area (Å²) in [6.07, 6.45) is 2.52. The third-order valence-electron chi connectivity index (χ3n) is 1.28. The highest BCUT2D eigenvalue weighted by Gasteiger charge is 2.17. The lowest BCUT2D eigenvalue weighted by Gasteiger charge is -2.12. The van der Waals surface area contributed by atoms with Gasteiger partial charge in [-0.1, -0.05) is 12.2 Å². The molecule has 0 saturated heterocycles. The topological polar surface area (TPSA) is 49.7 Å². The quantitative estimate of drug-likeness (QED) is 0.486. The van der Waals surface area contributed by atoms with Crippen molar-refractivity contribution in [1.29, 1.82) is 0 Å². The first-order valence-corrected chi connectivity index (χ1v) is 2.92. The number of hydrogen-bond acceptors (Lipinski definition) is 3. The van der Waals surface area contributed by atoms with Crippen LogP contribution in [0.3, 0.4) is 0 Å². The summed E-state index contributed by atoms with van der Waals surface area (Å²) in [6, 6.07) is 0. The summed E-state index contributed by atoms with van der Waals surface area (Å²) in [4.78, 5) is 0. The highest BCUT2D eigenvalue weighted by Crippen LogP contribution is 2.06. The molecule has 0 unspecified atom stereocenters. The second-order valence-corrected chi connectivity index (χ2v) is 1.98. The highest BCUT2D eigenvalue weighted by atomic mass is 16.5. The number of rotatable bonds is 2. The Morgan fingerprint density at radius 2 is 2.56 bits per heavy atom. The van der Waals surface area contributed by atoms with E-state index in [0.717, 1.165) is 0 Å². The van der Waals surface area contributed by atoms with Gasteiger partial charge in [-0.2, -0.15) is 0 Å². The van der Waals surface area contributed by atoms with E-state index in [1.54, 1.807) is 6.08 Å². The fourth-order valence-corrected chi connectivity index (χ4v) is 0.755. The molecule has 0 aromatic carbocycles. The van der Waals surface area contributed by atoms with Crippen LogP contribution in [0.5, 0.6) is 0 Å². The summed E-state index contributed by atoms with van der Waals surface area (Å²) in [6.45, 7) is 0.302. The van der Waals surface area contributed by atoms with Gasteiger partial charge in [-0.05, 0) is 0 Å². The van der Waals surface area contributed by atoms with Crippen molar-refractivity contribution in [1.82, 2.24) is 0 Å². The number of hydrogen-bond donors (Lipinski definition) is 2. The van der Waals surface area contributed by atoms with Gasteiger partial charge in [-0.15, -0.1) is 0 Å². The predicted octanol–water partition coefficient (Wildman–Crippen LogP) is -0.705. The van der Waals surface area contributed by atoms with Crippen molar-refractivity contribution in [2.24, 2.45) is 0 Å². The number of ether oxygens (including phenoxy) is 1. The molecule has 3 nitrogen and oxygen atoms in total. The van der Waals surface area contributed by atoms with Crippen molar-refractivity contribution in [3.63, 3.8) is 0 Å². The third-order valence-corrected chi connectivity index (χ3v) is 1.28. The average Bonchev–Trinajstić information content (AvgIpc) is 2.37. The molecule has 1 rings (SSSR count). The lowest BCUT2D eigenvalue weighted by Crippen LogP contribution is -2.27. The molecular formula is C6H10O3. The maximum absolute atomic E-state index is 8.93. The Balaban J connectivity index is 2.33. The highest BCUT2D eigenvalue weighted by molar-refractivity contribution is 4.98. The molecular weight excluding hydrogens is 120 g/mol. The molecule has 0 spiro atoms. The van der Waals surface area contributed by atoms with Crippen molar-refractivity contribution < 1.29 is 14.9 Å². The number of aliphatic hydroxyl groups excluding tert-OH is 2. The van der Waals surface area contributed by atoms with Crippen LogP contribution in [-0.2, 0) is 4.74 Å². The standard InChI is InChI=1S/C6H10O3/c7-4-5(8)6-2-1-3-9-6/h1-2,5-8H,3-4H2/t5-,6+/m1/s1. The minimum absolute atomic E-state index is 0.241. The van der Waals surface area contributed by atoms with E-state index in [-0.39, 0.29) is 12.7 Å². The van der Waals surface area contributed by atoms with Crippen LogP contribution in [0.2, 0.25) is 0 Å². The molecule has 0 aliphatic carbocycles. The molecule has 1 aliphatic rings. The molecule has 0 amide bonds. The molecule has 0 aromatic rings. The Morgan fingerprint density at radius 3 is 3.00 bits per heavy atom. The second-order valence-electron chi connectivity index (χ2n) is 1.98. The Labute approximate surface area is 53.6 Å². The largest absolute Gasteiger partial charge is 0.394 e. The van der Waals surface area contributed by atoms with Gasteiger partial charge in [-0.25, -0.2) is 0 Å². The van der Waals surface area contributed by atoms with Crippen LogP contribution < -0.4 is 0 Å². The maximum Gasteiger partial charge on any atom is 0.107 e. The van der Waals surface area contributed by atoms with Gasteiger partial charge in [0.05, 0.1) is 13.2 Å². The van der Waals surface area contributed by atoms with Crippen molar-refractivity contribution in [2.45, 2.75) is 12.2 Å². The lowest BCUT2D eigenvalue weighted by molar-refractivity contribution is -0.0154. The van der Waals surface area contributed by atoms with Gasteiger partial charge in [0.15, 0.2) is 0 Å². The molecule has 1 heterocycles. The van der Waals surface area contributed by atoms with E-state index < -0.39 is 6.10 Å². The van der Waals surface area contributed by atoms with Gasteiger partial charge in [-0.3, -0.25) is 0 Å². The summed E-state index contributed by atoms with van der Waals surface area (Å²) in [5, 5.41) is 17.4. The summed E-state index contributed by atoms with van der Waals surface area (Å²) in [5.41, 5.74) is 0. The summed E-state index contributed by atoms with van der Waals surface area (Å²) < 4.78 is 4.98. The molecule has 52 valence electrons. The summed E-state index contributed by atoms with van der Waals surface area (Å²) >= 11 is 0. The van der Waals surface area contributed by atoms with Crippen LogP contribution in [0.15, 0.2) is 12.2 Å². The molecule has 0 bridgehead atoms. The molecule has 0 fully saturated rings. The molecule has 3 heteroatoms. The van der Waals surface area contributed by atoms with E-state index in [1.165, 1.54) is 0 Å². The van der Waals surface area contributed by atoms with Gasteiger partial charge >= 0.3 is 0 Å². The van der Waals surface area contributed by atoms with Crippen LogP contribution in [0.4, 0.5) is 0 Å². The normalized spacial score (nSPS) is 28.9. The van der Waals surface area contributed by atoms with E-state index in [4.69, 9.17) is 14.9 Å². The first-order chi connectivity index (χ1) is 4.34. The fourth-order valence-electron chi connectivity index (χ4n) is 0.755. The molecule has 0 aromatic heterocycles. The van der Waals surface area contributed by atoms with Gasteiger partial charge in [0.2, 0.25) is 0 Å². The van der Waals surface area contributed by atoms with Crippen molar-refractivity contribution >= 4 is 0 Å². The smallest absolute Gasteiger partial charge is 0.107 e. The third kappa shape index (κ3) is 1.51. The van der Waals surface area contributed by atoms with E-state index in [2.05, 4.69) is 0 Å². The first-order valence-electron chi connectivity index (χ1n) is 2.92. The zero-order valence-corrected chi connectivity index (χ0v) is 5.03. The minimum atomic E-state index is -0.760. The van der Waals surface area contributed by atoms with Crippen LogP contribution in [-0.4, -0.2) is 35.6 Å². The predicted molar refractivity (Wildman–Crippen MR) is 32.0 cm³/mol. The first kappa shape index (κ1) is 6.74. The second kappa shape index (κ2) is 2.96. The van der Waals surface area contributed by atoms with Crippen LogP contribution in [0, 0.1) is 0 Å². The Kier molecular flexibility index (Phi) is 2.22. The zero-order valence-electron chi connectivity index (χ0n) is 5.03. The van der Waals surface area contributed by atoms with Crippen LogP contribution in [0.25, 0.3) is 0 Å². The van der Waals surface area contributed by atoms with E-state index in [1.807, 2.05) is 6.08 Å². The SMILES string of the molecule is OC[C@@H](O)[C@@H]1C=CCO1. The van der Waals surface area contributed by atoms with E-state index >= 15 is 0 Å². The van der Waals surface area contributed by atoms with Crippen LogP contribution in [0.1, 0.15) is 0 Å². The van der Waals surface area contributed by atoms with Crippen molar-refractivity contribution in [3.8, 4) is 0 Å². The maximum atomic E-state index is 8.93. The summed E-state index contributed by atoms with van der Waals surface area (Å²) in [7, 11) is 0. The molecule has 9 heavy (non-hydrogen) atoms. The van der Waals surface area contributed by atoms with Gasteiger partial charge in [0, 0.05) is 0 Å². The Morgan fingerprint density at radius 1 is 1.78 bits per heavy atom. The Hall–Kier alpha value is -0.380. The van der Waals surface area contributed by atoms with Gasteiger partial charge in [0.25, 0.3) is 0 Å². The molecule has 0 saturated carbocycles. The fraction of sp³-hybridized carbons (Fsp3) is 0.667. The van der Waals surface area contributed by atoms with Gasteiger partial charge in [0.1, 0.15) is 12.2 Å². The molecule has 0 radical (unpaired) electrons. The Bertz CT molecular complexity index is 111. The average molecular weight is 130 g/mol. The van der Waals surface area contributed by atoms with E-state index in [0.29, 0.717) is 6.61 Å². The molecule has 2 N–H and O–H groups in total. The summed E-state index contributed by atoms with van der Waals surface area (Å²) in [5.74, 6) is 0. The van der Waals surface area contributed by atoms with E-state index in [9.17, 15) is 0 Å². The van der Waals surface area contributed by atoms with Gasteiger partial charge < -0.3 is 14.9 Å². The lowest BCUT2D eigenvalue weighted by atomic mass is 10.2. The minimum Gasteiger partial charge on any atom is -0.394 e. The van der Waals surface area contributed by atoms with Crippen LogP contribution >= 0.6 is 0 Å². The van der Waals surface area contributed by atoms with Crippen molar-refractivity contribution in [3.05, 3.63) is 12.2 Å². The monoisotopic (exact) mass is 130 g/mol. The molecule has 1 aliphatic heterocycles. The molecule has 2 atom stereocenters.